The van der Waals surface area contributed by atoms with Crippen LogP contribution in [0, 0.1) is 0 Å². The fourth-order valence-electron chi connectivity index (χ4n) is 1.07. The van der Waals surface area contributed by atoms with E-state index >= 15 is 0 Å². The molecule has 2 heteroatoms. The summed E-state index contributed by atoms with van der Waals surface area (Å²) in [6, 6.07) is 2.11. The Kier molecular flexibility index (Phi) is 4.78. The minimum absolute atomic E-state index is 0. The van der Waals surface area contributed by atoms with Gasteiger partial charge >= 0.3 is 0 Å². The van der Waals surface area contributed by atoms with Crippen molar-refractivity contribution in [2.45, 2.75) is 46.6 Å². The molecule has 0 radical (unpaired) electrons. The Morgan fingerprint density at radius 3 is 2.46 bits per heavy atom. The van der Waals surface area contributed by atoms with Crippen LogP contribution in [0.15, 0.2) is 16.7 Å². The molecule has 2 nitrogen and oxygen atoms in total. The van der Waals surface area contributed by atoms with Crippen LogP contribution in [-0.2, 0) is 0 Å². The molecule has 0 aliphatic heterocycles. The first-order chi connectivity index (χ1) is 5.65. The summed E-state index contributed by atoms with van der Waals surface area (Å²) in [5, 5.41) is 0. The van der Waals surface area contributed by atoms with Crippen molar-refractivity contribution in [2.75, 3.05) is 0 Å². The van der Waals surface area contributed by atoms with Gasteiger partial charge in [-0.05, 0) is 24.0 Å². The van der Waals surface area contributed by atoms with Crippen LogP contribution in [0.5, 0.6) is 0 Å². The van der Waals surface area contributed by atoms with Crippen LogP contribution in [0.4, 0.5) is 0 Å². The summed E-state index contributed by atoms with van der Waals surface area (Å²) < 4.78 is 5.35. The summed E-state index contributed by atoms with van der Waals surface area (Å²) in [5.74, 6) is 1.42. The molecule has 0 aliphatic rings. The maximum atomic E-state index is 5.81. The molecule has 2 N–H and O–H groups in total. The molecule has 76 valence electrons. The van der Waals surface area contributed by atoms with Crippen molar-refractivity contribution in [3.8, 4) is 0 Å². The molecule has 0 amide bonds. The van der Waals surface area contributed by atoms with Crippen molar-refractivity contribution in [1.82, 2.24) is 0 Å². The van der Waals surface area contributed by atoms with Crippen LogP contribution in [-0.4, -0.2) is 0 Å². The van der Waals surface area contributed by atoms with Crippen molar-refractivity contribution < 1.29 is 4.42 Å². The average molecular weight is 183 g/mol. The molecule has 1 heterocycles. The molecular weight excluding hydrogens is 162 g/mol. The molecule has 0 saturated heterocycles. The first-order valence-corrected chi connectivity index (χ1v) is 4.49. The molecule has 1 aromatic rings. The highest BCUT2D eigenvalue weighted by Gasteiger charge is 2.10. The molecular formula is C11H21NO. The van der Waals surface area contributed by atoms with Crippen LogP contribution in [0.25, 0.3) is 0 Å². The standard InChI is InChI=1S/C10H17NO.CH4/c1-4-9(11)10-5-8(6-12-10)7(2)3;/h5-7,9H,4,11H2,1-3H3;1H4/t9-;/m1./s1. The van der Waals surface area contributed by atoms with Gasteiger partial charge in [-0.1, -0.05) is 28.2 Å². The van der Waals surface area contributed by atoms with Gasteiger partial charge in [-0.15, -0.1) is 0 Å². The number of nitrogens with two attached hydrogens (primary N) is 1. The monoisotopic (exact) mass is 183 g/mol. The number of hydrogen-bond donors (Lipinski definition) is 1. The summed E-state index contributed by atoms with van der Waals surface area (Å²) >= 11 is 0. The first kappa shape index (κ1) is 12.2. The highest BCUT2D eigenvalue weighted by molar-refractivity contribution is 5.18. The third kappa shape index (κ3) is 2.88. The zero-order chi connectivity index (χ0) is 9.14. The van der Waals surface area contributed by atoms with Crippen molar-refractivity contribution in [1.29, 1.82) is 0 Å². The summed E-state index contributed by atoms with van der Waals surface area (Å²) in [4.78, 5) is 0. The van der Waals surface area contributed by atoms with Gasteiger partial charge in [0.1, 0.15) is 5.76 Å². The molecule has 1 aromatic heterocycles. The van der Waals surface area contributed by atoms with Gasteiger partial charge in [0.05, 0.1) is 12.3 Å². The third-order valence-corrected chi connectivity index (χ3v) is 2.11. The van der Waals surface area contributed by atoms with Crippen molar-refractivity contribution in [3.05, 3.63) is 23.7 Å². The Morgan fingerprint density at radius 2 is 2.08 bits per heavy atom. The van der Waals surface area contributed by atoms with Gasteiger partial charge in [0, 0.05) is 0 Å². The fourth-order valence-corrected chi connectivity index (χ4v) is 1.07. The van der Waals surface area contributed by atoms with Gasteiger partial charge in [-0.3, -0.25) is 0 Å². The minimum Gasteiger partial charge on any atom is -0.467 e. The molecule has 0 spiro atoms. The fraction of sp³-hybridized carbons (Fsp3) is 0.636. The summed E-state index contributed by atoms with van der Waals surface area (Å²) in [7, 11) is 0. The van der Waals surface area contributed by atoms with E-state index in [9.17, 15) is 0 Å². The second-order valence-electron chi connectivity index (χ2n) is 3.45. The lowest BCUT2D eigenvalue weighted by Crippen LogP contribution is -2.06. The van der Waals surface area contributed by atoms with E-state index in [-0.39, 0.29) is 13.5 Å². The quantitative estimate of drug-likeness (QED) is 0.779. The van der Waals surface area contributed by atoms with Gasteiger partial charge in [0.2, 0.25) is 0 Å². The third-order valence-electron chi connectivity index (χ3n) is 2.11. The molecule has 1 rings (SSSR count). The van der Waals surface area contributed by atoms with E-state index in [4.69, 9.17) is 10.2 Å². The number of rotatable bonds is 3. The molecule has 0 aromatic carbocycles. The predicted molar refractivity (Wildman–Crippen MR) is 56.7 cm³/mol. The van der Waals surface area contributed by atoms with Gasteiger partial charge in [-0.2, -0.15) is 0 Å². The van der Waals surface area contributed by atoms with E-state index in [0.29, 0.717) is 5.92 Å². The number of hydrogen-bond acceptors (Lipinski definition) is 2. The Morgan fingerprint density at radius 1 is 1.46 bits per heavy atom. The normalized spacial score (nSPS) is 12.7. The van der Waals surface area contributed by atoms with Gasteiger partial charge in [0.25, 0.3) is 0 Å². The van der Waals surface area contributed by atoms with Crippen molar-refractivity contribution in [3.63, 3.8) is 0 Å². The van der Waals surface area contributed by atoms with E-state index in [1.807, 2.05) is 0 Å². The predicted octanol–water partition coefficient (Wildman–Crippen LogP) is 3.45. The molecule has 13 heavy (non-hydrogen) atoms. The molecule has 0 fully saturated rings. The Hall–Kier alpha value is -0.760. The second-order valence-corrected chi connectivity index (χ2v) is 3.45. The topological polar surface area (TPSA) is 39.2 Å². The van der Waals surface area contributed by atoms with Crippen LogP contribution in [0.2, 0.25) is 0 Å². The summed E-state index contributed by atoms with van der Waals surface area (Å²) in [6.45, 7) is 6.35. The van der Waals surface area contributed by atoms with E-state index in [0.717, 1.165) is 12.2 Å². The zero-order valence-corrected chi connectivity index (χ0v) is 8.00. The molecule has 0 unspecified atom stereocenters. The first-order valence-electron chi connectivity index (χ1n) is 4.49. The van der Waals surface area contributed by atoms with Gasteiger partial charge < -0.3 is 10.2 Å². The van der Waals surface area contributed by atoms with Crippen LogP contribution < -0.4 is 5.73 Å². The largest absolute Gasteiger partial charge is 0.467 e. The van der Waals surface area contributed by atoms with Crippen molar-refractivity contribution >= 4 is 0 Å². The molecule has 0 bridgehead atoms. The van der Waals surface area contributed by atoms with Crippen LogP contribution >= 0.6 is 0 Å². The number of furan rings is 1. The van der Waals surface area contributed by atoms with E-state index < -0.39 is 0 Å². The lowest BCUT2D eigenvalue weighted by atomic mass is 10.1. The lowest BCUT2D eigenvalue weighted by Gasteiger charge is -2.02. The summed E-state index contributed by atoms with van der Waals surface area (Å²) in [6.07, 6.45) is 2.72. The average Bonchev–Trinajstić information content (AvgIpc) is 2.51. The Labute approximate surface area is 81.1 Å². The van der Waals surface area contributed by atoms with E-state index in [2.05, 4.69) is 26.8 Å². The minimum atomic E-state index is 0. The van der Waals surface area contributed by atoms with Crippen LogP contribution in [0.1, 0.15) is 57.9 Å². The van der Waals surface area contributed by atoms with Gasteiger partial charge in [-0.25, -0.2) is 0 Å². The molecule has 0 aliphatic carbocycles. The smallest absolute Gasteiger partial charge is 0.120 e. The lowest BCUT2D eigenvalue weighted by molar-refractivity contribution is 0.459. The molecule has 1 atom stereocenters. The van der Waals surface area contributed by atoms with E-state index in [1.54, 1.807) is 6.26 Å². The van der Waals surface area contributed by atoms with Crippen molar-refractivity contribution in [2.24, 2.45) is 5.73 Å². The van der Waals surface area contributed by atoms with E-state index in [1.165, 1.54) is 5.56 Å². The highest BCUT2D eigenvalue weighted by atomic mass is 16.3. The Balaban J connectivity index is 0.00000144. The molecule has 0 saturated carbocycles. The maximum absolute atomic E-state index is 5.81. The second kappa shape index (κ2) is 5.07. The maximum Gasteiger partial charge on any atom is 0.120 e. The van der Waals surface area contributed by atoms with Crippen LogP contribution in [0.3, 0.4) is 0 Å². The SMILES string of the molecule is C.CC[C@@H](N)c1cc(C(C)C)co1. The highest BCUT2D eigenvalue weighted by Crippen LogP contribution is 2.22. The zero-order valence-electron chi connectivity index (χ0n) is 8.00. The Bertz CT molecular complexity index is 240. The van der Waals surface area contributed by atoms with Gasteiger partial charge in [0.15, 0.2) is 0 Å². The summed E-state index contributed by atoms with van der Waals surface area (Å²) in [5.41, 5.74) is 7.04.